The molecule has 0 aromatic heterocycles. The fraction of sp³-hybridized carbons (Fsp3) is 0.273. The average molecular weight is 271 g/mol. The summed E-state index contributed by atoms with van der Waals surface area (Å²) < 4.78 is 6.20. The molecule has 1 rings (SSSR count). The van der Waals surface area contributed by atoms with Crippen molar-refractivity contribution in [1.82, 2.24) is 0 Å². The molecule has 0 aliphatic carbocycles. The van der Waals surface area contributed by atoms with Crippen LogP contribution < -0.4 is 4.74 Å². The van der Waals surface area contributed by atoms with Gasteiger partial charge in [-0.25, -0.2) is 0 Å². The zero-order chi connectivity index (χ0) is 10.4. The first-order chi connectivity index (χ1) is 6.77. The van der Waals surface area contributed by atoms with E-state index in [-0.39, 0.29) is 0 Å². The fourth-order valence-corrected chi connectivity index (χ4v) is 1.43. The molecule has 0 amide bonds. The predicted molar refractivity (Wildman–Crippen MR) is 66.0 cm³/mol. The van der Waals surface area contributed by atoms with Crippen LogP contribution in [0.15, 0.2) is 22.7 Å². The molecule has 74 valence electrons. The van der Waals surface area contributed by atoms with Gasteiger partial charge in [0.15, 0.2) is 0 Å². The minimum atomic E-state index is 0.784. The Morgan fingerprint density at radius 1 is 1.50 bits per heavy atom. The first kappa shape index (κ1) is 11.5. The highest BCUT2D eigenvalue weighted by atomic mass is 79.9. The molecule has 0 saturated carbocycles. The molecule has 0 bridgehead atoms. The Morgan fingerprint density at radius 3 is 2.93 bits per heavy atom. The van der Waals surface area contributed by atoms with E-state index in [9.17, 15) is 0 Å². The minimum absolute atomic E-state index is 0.784. The molecule has 0 heterocycles. The van der Waals surface area contributed by atoms with Crippen LogP contribution in [0.2, 0.25) is 0 Å². The standard InChI is InChI=1S/C11H11BrOS/c1-13-11-8-10(12)6-5-9(11)4-2-3-7-14/h5-6,8,14H,3,7H2,1H3. The Kier molecular flexibility index (Phi) is 4.92. The van der Waals surface area contributed by atoms with Crippen LogP contribution in [0.4, 0.5) is 0 Å². The number of thiol groups is 1. The number of methoxy groups -OCH3 is 1. The van der Waals surface area contributed by atoms with Gasteiger partial charge in [0.2, 0.25) is 0 Å². The van der Waals surface area contributed by atoms with Crippen LogP contribution in [0.1, 0.15) is 12.0 Å². The molecule has 0 fully saturated rings. The summed E-state index contributed by atoms with van der Waals surface area (Å²) in [6.07, 6.45) is 0.794. The monoisotopic (exact) mass is 270 g/mol. The fourth-order valence-electron chi connectivity index (χ4n) is 0.982. The van der Waals surface area contributed by atoms with Gasteiger partial charge in [-0.05, 0) is 18.2 Å². The number of hydrogen-bond donors (Lipinski definition) is 1. The molecule has 1 nitrogen and oxygen atoms in total. The van der Waals surface area contributed by atoms with Crippen molar-refractivity contribution in [2.75, 3.05) is 12.9 Å². The van der Waals surface area contributed by atoms with Crippen LogP contribution in [0.3, 0.4) is 0 Å². The third-order valence-electron chi connectivity index (χ3n) is 1.62. The van der Waals surface area contributed by atoms with Crippen molar-refractivity contribution in [2.24, 2.45) is 0 Å². The molecule has 3 heteroatoms. The molecule has 14 heavy (non-hydrogen) atoms. The van der Waals surface area contributed by atoms with Gasteiger partial charge >= 0.3 is 0 Å². The smallest absolute Gasteiger partial charge is 0.135 e. The summed E-state index contributed by atoms with van der Waals surface area (Å²) in [5.74, 6) is 7.65. The number of rotatable bonds is 2. The van der Waals surface area contributed by atoms with Crippen LogP contribution >= 0.6 is 28.6 Å². The third kappa shape index (κ3) is 3.28. The lowest BCUT2D eigenvalue weighted by Crippen LogP contribution is -1.87. The van der Waals surface area contributed by atoms with Gasteiger partial charge in [-0.15, -0.1) is 0 Å². The highest BCUT2D eigenvalue weighted by Crippen LogP contribution is 2.22. The van der Waals surface area contributed by atoms with E-state index in [0.29, 0.717) is 0 Å². The topological polar surface area (TPSA) is 9.23 Å². The van der Waals surface area contributed by atoms with E-state index in [1.54, 1.807) is 7.11 Å². The third-order valence-corrected chi connectivity index (χ3v) is 2.34. The van der Waals surface area contributed by atoms with Gasteiger partial charge in [-0.3, -0.25) is 0 Å². The van der Waals surface area contributed by atoms with Crippen LogP contribution in [0.5, 0.6) is 5.75 Å². The van der Waals surface area contributed by atoms with Crippen molar-refractivity contribution in [3.05, 3.63) is 28.2 Å². The lowest BCUT2D eigenvalue weighted by molar-refractivity contribution is 0.413. The van der Waals surface area contributed by atoms with Crippen LogP contribution in [0, 0.1) is 11.8 Å². The average Bonchev–Trinajstić information content (AvgIpc) is 2.20. The summed E-state index contributed by atoms with van der Waals surface area (Å²) in [4.78, 5) is 0. The van der Waals surface area contributed by atoms with E-state index < -0.39 is 0 Å². The summed E-state index contributed by atoms with van der Waals surface area (Å²) in [6.45, 7) is 0. The second-order valence-electron chi connectivity index (χ2n) is 2.62. The Labute approximate surface area is 98.4 Å². The molecule has 0 aliphatic rings. The van der Waals surface area contributed by atoms with Crippen LogP contribution in [-0.4, -0.2) is 12.9 Å². The van der Waals surface area contributed by atoms with E-state index >= 15 is 0 Å². The van der Waals surface area contributed by atoms with E-state index in [1.165, 1.54) is 0 Å². The molecular weight excluding hydrogens is 260 g/mol. The van der Waals surface area contributed by atoms with E-state index in [4.69, 9.17) is 4.74 Å². The Hall–Kier alpha value is -0.590. The van der Waals surface area contributed by atoms with E-state index in [2.05, 4.69) is 40.4 Å². The van der Waals surface area contributed by atoms with Crippen LogP contribution in [-0.2, 0) is 0 Å². The normalized spacial score (nSPS) is 9.07. The number of hydrogen-bond acceptors (Lipinski definition) is 2. The van der Waals surface area contributed by atoms with Crippen molar-refractivity contribution < 1.29 is 4.74 Å². The maximum atomic E-state index is 5.21. The molecule has 1 aromatic rings. The molecule has 1 aromatic carbocycles. The molecule has 0 atom stereocenters. The van der Waals surface area contributed by atoms with E-state index in [0.717, 1.165) is 28.0 Å². The molecule has 0 saturated heterocycles. The summed E-state index contributed by atoms with van der Waals surface area (Å²) in [5.41, 5.74) is 0.914. The largest absolute Gasteiger partial charge is 0.495 e. The quantitative estimate of drug-likeness (QED) is 0.642. The molecular formula is C11H11BrOS. The van der Waals surface area contributed by atoms with Gasteiger partial charge in [0, 0.05) is 16.6 Å². The van der Waals surface area contributed by atoms with Crippen molar-refractivity contribution >= 4 is 28.6 Å². The van der Waals surface area contributed by atoms with Gasteiger partial charge < -0.3 is 4.74 Å². The highest BCUT2D eigenvalue weighted by Gasteiger charge is 1.99. The molecule has 0 N–H and O–H groups in total. The SMILES string of the molecule is COc1cc(Br)ccc1C#CCCS. The number of ether oxygens (including phenoxy) is 1. The summed E-state index contributed by atoms with van der Waals surface area (Å²) >= 11 is 7.47. The van der Waals surface area contributed by atoms with E-state index in [1.807, 2.05) is 18.2 Å². The van der Waals surface area contributed by atoms with Gasteiger partial charge in [0.25, 0.3) is 0 Å². The van der Waals surface area contributed by atoms with Crippen molar-refractivity contribution in [2.45, 2.75) is 6.42 Å². The lowest BCUT2D eigenvalue weighted by atomic mass is 10.2. The van der Waals surface area contributed by atoms with Gasteiger partial charge in [0.05, 0.1) is 12.7 Å². The zero-order valence-electron chi connectivity index (χ0n) is 7.88. The first-order valence-corrected chi connectivity index (χ1v) is 5.63. The van der Waals surface area contributed by atoms with Crippen molar-refractivity contribution in [3.63, 3.8) is 0 Å². The Bertz CT molecular complexity index is 365. The zero-order valence-corrected chi connectivity index (χ0v) is 10.4. The van der Waals surface area contributed by atoms with Crippen LogP contribution in [0.25, 0.3) is 0 Å². The Morgan fingerprint density at radius 2 is 2.29 bits per heavy atom. The molecule has 0 unspecified atom stereocenters. The summed E-state index contributed by atoms with van der Waals surface area (Å²) in [7, 11) is 1.64. The van der Waals surface area contributed by atoms with Gasteiger partial charge in [-0.1, -0.05) is 27.8 Å². The maximum absolute atomic E-state index is 5.21. The lowest BCUT2D eigenvalue weighted by Gasteiger charge is -2.02. The minimum Gasteiger partial charge on any atom is -0.495 e. The molecule has 0 spiro atoms. The summed E-state index contributed by atoms with van der Waals surface area (Å²) in [6, 6.07) is 5.80. The van der Waals surface area contributed by atoms with Crippen molar-refractivity contribution in [3.8, 4) is 17.6 Å². The Balaban J connectivity index is 2.92. The maximum Gasteiger partial charge on any atom is 0.135 e. The summed E-state index contributed by atoms with van der Waals surface area (Å²) in [5, 5.41) is 0. The van der Waals surface area contributed by atoms with Gasteiger partial charge in [0.1, 0.15) is 5.75 Å². The first-order valence-electron chi connectivity index (χ1n) is 4.21. The predicted octanol–water partition coefficient (Wildman–Crippen LogP) is 3.13. The van der Waals surface area contributed by atoms with Crippen molar-refractivity contribution in [1.29, 1.82) is 0 Å². The second kappa shape index (κ2) is 6.00. The van der Waals surface area contributed by atoms with Gasteiger partial charge in [-0.2, -0.15) is 12.6 Å². The number of halogens is 1. The molecule has 0 aliphatic heterocycles. The molecule has 0 radical (unpaired) electrons. The number of benzene rings is 1. The highest BCUT2D eigenvalue weighted by molar-refractivity contribution is 9.10. The second-order valence-corrected chi connectivity index (χ2v) is 3.98.